The van der Waals surface area contributed by atoms with Gasteiger partial charge in [0.15, 0.2) is 5.78 Å². The van der Waals surface area contributed by atoms with Crippen molar-refractivity contribution in [3.05, 3.63) is 21.9 Å². The van der Waals surface area contributed by atoms with Crippen LogP contribution in [0.4, 0.5) is 0 Å². The van der Waals surface area contributed by atoms with Crippen molar-refractivity contribution in [2.75, 3.05) is 6.26 Å². The molecule has 0 spiro atoms. The van der Waals surface area contributed by atoms with E-state index in [1.807, 2.05) is 0 Å². The molecule has 0 saturated carbocycles. The van der Waals surface area contributed by atoms with Crippen LogP contribution in [0.3, 0.4) is 0 Å². The molecule has 0 amide bonds. The van der Waals surface area contributed by atoms with E-state index < -0.39 is 10.0 Å². The van der Waals surface area contributed by atoms with Gasteiger partial charge in [-0.05, 0) is 17.0 Å². The number of rotatable bonds is 2. The molecule has 76 valence electrons. The van der Waals surface area contributed by atoms with Gasteiger partial charge in [0.25, 0.3) is 0 Å². The highest BCUT2D eigenvalue weighted by Gasteiger charge is 2.31. The highest BCUT2D eigenvalue weighted by molar-refractivity contribution is 7.88. The highest BCUT2D eigenvalue weighted by atomic mass is 32.2. The minimum Gasteiger partial charge on any atom is -0.293 e. The summed E-state index contributed by atoms with van der Waals surface area (Å²) in [5.41, 5.74) is 0.811. The second kappa shape index (κ2) is 3.15. The summed E-state index contributed by atoms with van der Waals surface area (Å²) < 4.78 is 24.5. The molecule has 0 unspecified atom stereocenters. The average molecular weight is 231 g/mol. The third-order valence-corrected chi connectivity index (χ3v) is 3.75. The van der Waals surface area contributed by atoms with Gasteiger partial charge in [-0.3, -0.25) is 4.79 Å². The molecule has 1 aliphatic carbocycles. The van der Waals surface area contributed by atoms with E-state index in [0.717, 1.165) is 11.8 Å². The predicted octanol–water partition coefficient (Wildman–Crippen LogP) is 0.925. The molecule has 0 radical (unpaired) electrons. The number of fused-ring (bicyclic) bond motifs is 1. The third kappa shape index (κ3) is 1.73. The zero-order chi connectivity index (χ0) is 10.3. The number of thiophene rings is 1. The minimum atomic E-state index is -3.25. The maximum Gasteiger partial charge on any atom is 0.209 e. The largest absolute Gasteiger partial charge is 0.293 e. The standard InChI is InChI=1S/C8H9NO3S2/c1-14(11,12)9-6-4-7(10)8-5(6)2-3-13-8/h2-3,6,9H,4H2,1H3/t6-/m1/s1. The Balaban J connectivity index is 2.31. The van der Waals surface area contributed by atoms with Crippen LogP contribution < -0.4 is 4.72 Å². The van der Waals surface area contributed by atoms with Crippen molar-refractivity contribution >= 4 is 27.1 Å². The molecule has 0 bridgehead atoms. The fourth-order valence-corrected chi connectivity index (χ4v) is 3.21. The lowest BCUT2D eigenvalue weighted by molar-refractivity contribution is 0.0991. The molecule has 1 aromatic rings. The molecule has 6 heteroatoms. The summed E-state index contributed by atoms with van der Waals surface area (Å²) in [5.74, 6) is 0.0242. The van der Waals surface area contributed by atoms with E-state index >= 15 is 0 Å². The van der Waals surface area contributed by atoms with Crippen molar-refractivity contribution in [1.82, 2.24) is 4.72 Å². The number of carbonyl (C=O) groups excluding carboxylic acids is 1. The summed E-state index contributed by atoms with van der Waals surface area (Å²) in [4.78, 5) is 12.1. The van der Waals surface area contributed by atoms with E-state index in [9.17, 15) is 13.2 Å². The first-order valence-corrected chi connectivity index (χ1v) is 6.82. The summed E-state index contributed by atoms with van der Waals surface area (Å²) in [6.45, 7) is 0. The van der Waals surface area contributed by atoms with Crippen molar-refractivity contribution in [2.24, 2.45) is 0 Å². The number of hydrogen-bond acceptors (Lipinski definition) is 4. The number of ketones is 1. The molecule has 0 saturated heterocycles. The first-order chi connectivity index (χ1) is 6.47. The van der Waals surface area contributed by atoms with Gasteiger partial charge >= 0.3 is 0 Å². The van der Waals surface area contributed by atoms with Crippen molar-refractivity contribution in [3.63, 3.8) is 0 Å². The maximum atomic E-state index is 11.4. The van der Waals surface area contributed by atoms with E-state index in [0.29, 0.717) is 4.88 Å². The Morgan fingerprint density at radius 3 is 2.93 bits per heavy atom. The first-order valence-electron chi connectivity index (χ1n) is 4.05. The Bertz CT molecular complexity index is 475. The van der Waals surface area contributed by atoms with Gasteiger partial charge in [0.1, 0.15) is 0 Å². The number of carbonyl (C=O) groups is 1. The van der Waals surface area contributed by atoms with Gasteiger partial charge in [-0.15, -0.1) is 11.3 Å². The van der Waals surface area contributed by atoms with Crippen molar-refractivity contribution in [3.8, 4) is 0 Å². The second-order valence-electron chi connectivity index (χ2n) is 3.27. The lowest BCUT2D eigenvalue weighted by Gasteiger charge is -2.08. The molecule has 4 nitrogen and oxygen atoms in total. The maximum absolute atomic E-state index is 11.4. The molecule has 2 rings (SSSR count). The zero-order valence-electron chi connectivity index (χ0n) is 7.48. The predicted molar refractivity (Wildman–Crippen MR) is 54.0 cm³/mol. The molecular formula is C8H9NO3S2. The molecular weight excluding hydrogens is 222 g/mol. The summed E-state index contributed by atoms with van der Waals surface area (Å²) in [7, 11) is -3.25. The van der Waals surface area contributed by atoms with Crippen LogP contribution >= 0.6 is 11.3 Å². The van der Waals surface area contributed by atoms with Crippen molar-refractivity contribution < 1.29 is 13.2 Å². The molecule has 1 aliphatic rings. The summed E-state index contributed by atoms with van der Waals surface area (Å²) in [6, 6.07) is 1.44. The van der Waals surface area contributed by atoms with Crippen molar-refractivity contribution in [1.29, 1.82) is 0 Å². The zero-order valence-corrected chi connectivity index (χ0v) is 9.11. The molecule has 0 fully saturated rings. The molecule has 1 aromatic heterocycles. The van der Waals surface area contributed by atoms with Crippen LogP contribution in [0.15, 0.2) is 11.4 Å². The van der Waals surface area contributed by atoms with Crippen LogP contribution in [0.5, 0.6) is 0 Å². The Kier molecular flexibility index (Phi) is 2.21. The van der Waals surface area contributed by atoms with E-state index in [1.165, 1.54) is 11.3 Å². The highest BCUT2D eigenvalue weighted by Crippen LogP contribution is 2.34. The van der Waals surface area contributed by atoms with Crippen molar-refractivity contribution in [2.45, 2.75) is 12.5 Å². The first kappa shape index (κ1) is 9.82. The van der Waals surface area contributed by atoms with Gasteiger partial charge in [-0.25, -0.2) is 13.1 Å². The number of nitrogens with one attached hydrogen (secondary N) is 1. The fourth-order valence-electron chi connectivity index (χ4n) is 1.57. The topological polar surface area (TPSA) is 63.2 Å². The lowest BCUT2D eigenvalue weighted by Crippen LogP contribution is -2.25. The Labute approximate surface area is 86.0 Å². The smallest absolute Gasteiger partial charge is 0.209 e. The minimum absolute atomic E-state index is 0.0242. The molecule has 1 atom stereocenters. The number of Topliss-reactive ketones (excluding diaryl/α,β-unsaturated/α-hetero) is 1. The van der Waals surface area contributed by atoms with E-state index in [2.05, 4.69) is 4.72 Å². The van der Waals surface area contributed by atoms with Gasteiger partial charge in [0.2, 0.25) is 10.0 Å². The lowest BCUT2D eigenvalue weighted by atomic mass is 10.2. The fraction of sp³-hybridized carbons (Fsp3) is 0.375. The summed E-state index contributed by atoms with van der Waals surface area (Å²) in [5, 5.41) is 1.80. The molecule has 14 heavy (non-hydrogen) atoms. The molecule has 0 aliphatic heterocycles. The van der Waals surface area contributed by atoms with E-state index in [-0.39, 0.29) is 18.2 Å². The Morgan fingerprint density at radius 2 is 2.29 bits per heavy atom. The Morgan fingerprint density at radius 1 is 1.57 bits per heavy atom. The van der Waals surface area contributed by atoms with Gasteiger partial charge in [-0.1, -0.05) is 0 Å². The van der Waals surface area contributed by atoms with Crippen LogP contribution in [0, 0.1) is 0 Å². The van der Waals surface area contributed by atoms with Gasteiger partial charge in [0, 0.05) is 6.42 Å². The molecule has 1 N–H and O–H groups in total. The van der Waals surface area contributed by atoms with Crippen LogP contribution in [0.2, 0.25) is 0 Å². The quantitative estimate of drug-likeness (QED) is 0.823. The van der Waals surface area contributed by atoms with Gasteiger partial charge < -0.3 is 0 Å². The molecule has 1 heterocycles. The van der Waals surface area contributed by atoms with Gasteiger partial charge in [0.05, 0.1) is 17.2 Å². The van der Waals surface area contributed by atoms with Crippen LogP contribution in [0.25, 0.3) is 0 Å². The van der Waals surface area contributed by atoms with E-state index in [4.69, 9.17) is 0 Å². The average Bonchev–Trinajstić information content (AvgIpc) is 2.54. The number of hydrogen-bond donors (Lipinski definition) is 1. The monoisotopic (exact) mass is 231 g/mol. The van der Waals surface area contributed by atoms with Crippen LogP contribution in [-0.4, -0.2) is 20.5 Å². The number of sulfonamides is 1. The van der Waals surface area contributed by atoms with Crippen LogP contribution in [-0.2, 0) is 10.0 Å². The third-order valence-electron chi connectivity index (χ3n) is 2.07. The van der Waals surface area contributed by atoms with Crippen LogP contribution in [0.1, 0.15) is 27.7 Å². The second-order valence-corrected chi connectivity index (χ2v) is 5.97. The summed E-state index contributed by atoms with van der Waals surface area (Å²) in [6.07, 6.45) is 1.34. The van der Waals surface area contributed by atoms with Gasteiger partial charge in [-0.2, -0.15) is 0 Å². The molecule has 0 aromatic carbocycles. The van der Waals surface area contributed by atoms with E-state index in [1.54, 1.807) is 11.4 Å². The summed E-state index contributed by atoms with van der Waals surface area (Å²) >= 11 is 1.37. The SMILES string of the molecule is CS(=O)(=O)N[C@@H]1CC(=O)c2sccc21. The Hall–Kier alpha value is -0.720. The normalized spacial score (nSPS) is 21.2.